The Kier molecular flexibility index (Phi) is 5.30. The van der Waals surface area contributed by atoms with Crippen LogP contribution < -0.4 is 10.7 Å². The number of halogens is 1. The third-order valence-corrected chi connectivity index (χ3v) is 3.60. The summed E-state index contributed by atoms with van der Waals surface area (Å²) in [6, 6.07) is 14.8. The lowest BCUT2D eigenvalue weighted by Crippen LogP contribution is -2.31. The second-order valence-electron chi connectivity index (χ2n) is 4.84. The van der Waals surface area contributed by atoms with Gasteiger partial charge < -0.3 is 14.2 Å². The molecule has 0 fully saturated rings. The van der Waals surface area contributed by atoms with Crippen LogP contribution in [0.15, 0.2) is 68.7 Å². The summed E-state index contributed by atoms with van der Waals surface area (Å²) in [4.78, 5) is 0. The van der Waals surface area contributed by atoms with Crippen molar-refractivity contribution in [3.8, 4) is 11.3 Å². The molecule has 122 valence electrons. The maximum atomic E-state index is 5.88. The number of nitrogens with zero attached hydrogens (tertiary/aromatic N) is 1. The van der Waals surface area contributed by atoms with E-state index in [0.717, 1.165) is 17.1 Å². The van der Waals surface area contributed by atoms with Crippen LogP contribution in [0.4, 0.5) is 0 Å². The van der Waals surface area contributed by atoms with Crippen molar-refractivity contribution in [2.24, 2.45) is 5.10 Å². The van der Waals surface area contributed by atoms with E-state index in [-0.39, 0.29) is 0 Å². The average molecular weight is 360 g/mol. The Balaban J connectivity index is 1.51. The Morgan fingerprint density at radius 2 is 2.00 bits per heavy atom. The van der Waals surface area contributed by atoms with Gasteiger partial charge in [-0.2, -0.15) is 5.10 Å². The Hall–Kier alpha value is -2.57. The molecule has 0 aliphatic heterocycles. The third kappa shape index (κ3) is 4.47. The summed E-state index contributed by atoms with van der Waals surface area (Å²) in [7, 11) is 0. The highest BCUT2D eigenvalue weighted by Crippen LogP contribution is 2.23. The standard InChI is InChI=1S/C17H14ClN3O2S/c18-13-5-3-12(4-6-13)16-8-7-15(23-16)11-20-21-17(24)19-10-14-2-1-9-22-14/h1-9,11H,10H2,(H2,19,21,24). The van der Waals surface area contributed by atoms with E-state index < -0.39 is 0 Å². The van der Waals surface area contributed by atoms with Crippen molar-refractivity contribution in [1.82, 2.24) is 10.7 Å². The van der Waals surface area contributed by atoms with Gasteiger partial charge in [0.25, 0.3) is 0 Å². The van der Waals surface area contributed by atoms with E-state index in [1.807, 2.05) is 48.5 Å². The van der Waals surface area contributed by atoms with E-state index in [1.165, 1.54) is 0 Å². The Morgan fingerprint density at radius 1 is 1.17 bits per heavy atom. The van der Waals surface area contributed by atoms with Gasteiger partial charge in [-0.25, -0.2) is 0 Å². The zero-order valence-electron chi connectivity index (χ0n) is 12.5. The van der Waals surface area contributed by atoms with Gasteiger partial charge in [0.2, 0.25) is 0 Å². The van der Waals surface area contributed by atoms with Gasteiger partial charge in [0.05, 0.1) is 19.0 Å². The highest BCUT2D eigenvalue weighted by atomic mass is 35.5. The summed E-state index contributed by atoms with van der Waals surface area (Å²) >= 11 is 11.0. The summed E-state index contributed by atoms with van der Waals surface area (Å²) in [5.74, 6) is 2.15. The highest BCUT2D eigenvalue weighted by molar-refractivity contribution is 7.80. The molecule has 2 N–H and O–H groups in total. The molecule has 3 rings (SSSR count). The van der Waals surface area contributed by atoms with Gasteiger partial charge in [-0.3, -0.25) is 5.43 Å². The smallest absolute Gasteiger partial charge is 0.187 e. The minimum atomic E-state index is 0.395. The van der Waals surface area contributed by atoms with Crippen LogP contribution in [0.25, 0.3) is 11.3 Å². The molecular formula is C17H14ClN3O2S. The van der Waals surface area contributed by atoms with Crippen molar-refractivity contribution >= 4 is 35.1 Å². The van der Waals surface area contributed by atoms with Crippen LogP contribution in [0.2, 0.25) is 5.02 Å². The van der Waals surface area contributed by atoms with Crippen molar-refractivity contribution in [2.45, 2.75) is 6.54 Å². The van der Waals surface area contributed by atoms with Crippen LogP contribution in [0.1, 0.15) is 11.5 Å². The maximum absolute atomic E-state index is 5.88. The van der Waals surface area contributed by atoms with E-state index in [0.29, 0.717) is 22.4 Å². The lowest BCUT2D eigenvalue weighted by atomic mass is 10.2. The Labute approximate surface area is 149 Å². The predicted octanol–water partition coefficient (Wildman–Crippen LogP) is 4.19. The summed E-state index contributed by atoms with van der Waals surface area (Å²) in [5, 5.41) is 8.10. The first-order valence-corrected chi connectivity index (χ1v) is 7.94. The molecule has 0 saturated carbocycles. The topological polar surface area (TPSA) is 62.7 Å². The fraction of sp³-hybridized carbons (Fsp3) is 0.0588. The van der Waals surface area contributed by atoms with Crippen molar-refractivity contribution in [1.29, 1.82) is 0 Å². The lowest BCUT2D eigenvalue weighted by molar-refractivity contribution is 0.502. The number of hydrogen-bond donors (Lipinski definition) is 2. The predicted molar refractivity (Wildman–Crippen MR) is 98.0 cm³/mol. The first-order valence-electron chi connectivity index (χ1n) is 7.16. The number of hydrazone groups is 1. The van der Waals surface area contributed by atoms with E-state index in [4.69, 9.17) is 32.7 Å². The van der Waals surface area contributed by atoms with Gasteiger partial charge >= 0.3 is 0 Å². The molecule has 7 heteroatoms. The molecule has 0 radical (unpaired) electrons. The van der Waals surface area contributed by atoms with Gasteiger partial charge in [0.1, 0.15) is 17.3 Å². The zero-order chi connectivity index (χ0) is 16.8. The summed E-state index contributed by atoms with van der Waals surface area (Å²) in [6.07, 6.45) is 3.17. The minimum absolute atomic E-state index is 0.395. The molecular weight excluding hydrogens is 346 g/mol. The molecule has 0 aliphatic carbocycles. The molecule has 0 atom stereocenters. The van der Waals surface area contributed by atoms with E-state index in [2.05, 4.69) is 15.8 Å². The zero-order valence-corrected chi connectivity index (χ0v) is 14.1. The fourth-order valence-corrected chi connectivity index (χ4v) is 2.22. The van der Waals surface area contributed by atoms with Crippen molar-refractivity contribution < 1.29 is 8.83 Å². The van der Waals surface area contributed by atoms with Gasteiger partial charge in [-0.15, -0.1) is 0 Å². The molecule has 3 aromatic rings. The number of thiocarbonyl (C=S) groups is 1. The Bertz CT molecular complexity index is 826. The quantitative estimate of drug-likeness (QED) is 0.406. The van der Waals surface area contributed by atoms with Crippen molar-refractivity contribution in [3.05, 3.63) is 71.3 Å². The van der Waals surface area contributed by atoms with Crippen LogP contribution in [0, 0.1) is 0 Å². The van der Waals surface area contributed by atoms with Crippen LogP contribution in [0.3, 0.4) is 0 Å². The molecule has 0 spiro atoms. The van der Waals surface area contributed by atoms with Gasteiger partial charge in [-0.1, -0.05) is 11.6 Å². The van der Waals surface area contributed by atoms with Gasteiger partial charge in [0, 0.05) is 10.6 Å². The van der Waals surface area contributed by atoms with Crippen LogP contribution in [0.5, 0.6) is 0 Å². The average Bonchev–Trinajstić information content (AvgIpc) is 3.25. The SMILES string of the molecule is S=C(NCc1ccco1)NN=Cc1ccc(-c2ccc(Cl)cc2)o1. The molecule has 24 heavy (non-hydrogen) atoms. The van der Waals surface area contributed by atoms with E-state index in [9.17, 15) is 0 Å². The number of rotatable bonds is 5. The number of hydrogen-bond acceptors (Lipinski definition) is 4. The molecule has 0 unspecified atom stereocenters. The Morgan fingerprint density at radius 3 is 2.75 bits per heavy atom. The van der Waals surface area contributed by atoms with Crippen molar-refractivity contribution in [3.63, 3.8) is 0 Å². The summed E-state index contributed by atoms with van der Waals surface area (Å²) in [5.41, 5.74) is 3.67. The largest absolute Gasteiger partial charge is 0.467 e. The fourth-order valence-electron chi connectivity index (χ4n) is 1.97. The normalized spacial score (nSPS) is 10.9. The molecule has 5 nitrogen and oxygen atoms in total. The second kappa shape index (κ2) is 7.81. The minimum Gasteiger partial charge on any atom is -0.467 e. The second-order valence-corrected chi connectivity index (χ2v) is 5.69. The highest BCUT2D eigenvalue weighted by Gasteiger charge is 2.03. The molecule has 0 aliphatic rings. The maximum Gasteiger partial charge on any atom is 0.187 e. The molecule has 1 aromatic carbocycles. The molecule has 2 heterocycles. The first kappa shape index (κ1) is 16.3. The molecule has 0 saturated heterocycles. The molecule has 2 aromatic heterocycles. The van der Waals surface area contributed by atoms with E-state index >= 15 is 0 Å². The molecule has 0 bridgehead atoms. The number of furan rings is 2. The number of nitrogens with one attached hydrogen (secondary N) is 2. The monoisotopic (exact) mass is 359 g/mol. The summed E-state index contributed by atoms with van der Waals surface area (Å²) in [6.45, 7) is 0.496. The molecule has 0 amide bonds. The van der Waals surface area contributed by atoms with Crippen molar-refractivity contribution in [2.75, 3.05) is 0 Å². The number of benzene rings is 1. The van der Waals surface area contributed by atoms with Gasteiger partial charge in [-0.05, 0) is 60.7 Å². The van der Waals surface area contributed by atoms with E-state index in [1.54, 1.807) is 12.5 Å². The summed E-state index contributed by atoms with van der Waals surface area (Å²) < 4.78 is 10.9. The lowest BCUT2D eigenvalue weighted by Gasteiger charge is -2.04. The van der Waals surface area contributed by atoms with Crippen LogP contribution >= 0.6 is 23.8 Å². The first-order chi connectivity index (χ1) is 11.7. The third-order valence-electron chi connectivity index (χ3n) is 3.12. The van der Waals surface area contributed by atoms with Gasteiger partial charge in [0.15, 0.2) is 5.11 Å². The van der Waals surface area contributed by atoms with Crippen LogP contribution in [-0.4, -0.2) is 11.3 Å². The van der Waals surface area contributed by atoms with Crippen LogP contribution in [-0.2, 0) is 6.54 Å².